The molecule has 2 N–H and O–H groups in total. The summed E-state index contributed by atoms with van der Waals surface area (Å²) in [5.41, 5.74) is 1.47. The van der Waals surface area contributed by atoms with Gasteiger partial charge in [0, 0.05) is 12.6 Å². The lowest BCUT2D eigenvalue weighted by Gasteiger charge is -2.02. The maximum absolute atomic E-state index is 11.4. The molecule has 0 aliphatic rings. The first kappa shape index (κ1) is 10.6. The summed E-state index contributed by atoms with van der Waals surface area (Å²) in [5, 5.41) is 2.95. The van der Waals surface area contributed by atoms with Crippen LogP contribution in [0.25, 0.3) is 11.6 Å². The van der Waals surface area contributed by atoms with Crippen LogP contribution in [-0.2, 0) is 6.54 Å². The lowest BCUT2D eigenvalue weighted by molar-refractivity contribution is 0.574. The van der Waals surface area contributed by atoms with E-state index in [1.54, 1.807) is 13.3 Å². The minimum absolute atomic E-state index is 0.175. The van der Waals surface area contributed by atoms with Crippen LogP contribution in [0.5, 0.6) is 0 Å². The zero-order chi connectivity index (χ0) is 11.5. The molecule has 2 aromatic rings. The second-order valence-electron chi connectivity index (χ2n) is 3.55. The Morgan fingerprint density at radius 3 is 3.00 bits per heavy atom. The van der Waals surface area contributed by atoms with Gasteiger partial charge in [-0.25, -0.2) is 4.98 Å². The number of hydrogen-bond donors (Lipinski definition) is 2. The summed E-state index contributed by atoms with van der Waals surface area (Å²) in [6.07, 6.45) is 1.58. The summed E-state index contributed by atoms with van der Waals surface area (Å²) in [4.78, 5) is 18.4. The molecule has 0 bridgehead atoms. The van der Waals surface area contributed by atoms with Crippen molar-refractivity contribution in [3.05, 3.63) is 40.0 Å². The molecular weight excluding hydrogens is 206 g/mol. The molecular formula is C11H13N3O2. The number of nitrogens with zero attached hydrogens (tertiary/aromatic N) is 1. The van der Waals surface area contributed by atoms with Crippen LogP contribution in [0.1, 0.15) is 11.3 Å². The van der Waals surface area contributed by atoms with Gasteiger partial charge in [0.05, 0.1) is 12.0 Å². The molecule has 0 spiro atoms. The molecule has 0 saturated carbocycles. The Hall–Kier alpha value is -1.88. The fourth-order valence-electron chi connectivity index (χ4n) is 1.50. The van der Waals surface area contributed by atoms with Crippen molar-refractivity contribution >= 4 is 0 Å². The average molecular weight is 219 g/mol. The van der Waals surface area contributed by atoms with Crippen molar-refractivity contribution in [1.82, 2.24) is 15.3 Å². The summed E-state index contributed by atoms with van der Waals surface area (Å²) in [7, 11) is 1.81. The van der Waals surface area contributed by atoms with Crippen molar-refractivity contribution in [1.29, 1.82) is 0 Å². The molecule has 16 heavy (non-hydrogen) atoms. The van der Waals surface area contributed by atoms with Crippen LogP contribution in [0, 0.1) is 6.92 Å². The maximum Gasteiger partial charge on any atom is 0.251 e. The SMILES string of the molecule is CNCc1cc(=O)[nH]c(-c2occc2C)n1. The minimum Gasteiger partial charge on any atom is -0.461 e. The van der Waals surface area contributed by atoms with Gasteiger partial charge in [0.25, 0.3) is 5.56 Å². The highest BCUT2D eigenvalue weighted by atomic mass is 16.3. The van der Waals surface area contributed by atoms with Crippen LogP contribution < -0.4 is 10.9 Å². The molecule has 0 aliphatic carbocycles. The van der Waals surface area contributed by atoms with Gasteiger partial charge in [0.1, 0.15) is 0 Å². The first-order valence-electron chi connectivity index (χ1n) is 5.00. The fourth-order valence-corrected chi connectivity index (χ4v) is 1.50. The molecule has 5 nitrogen and oxygen atoms in total. The molecule has 84 valence electrons. The van der Waals surface area contributed by atoms with E-state index in [0.29, 0.717) is 23.8 Å². The number of rotatable bonds is 3. The first-order chi connectivity index (χ1) is 7.70. The third-order valence-electron chi connectivity index (χ3n) is 2.23. The monoisotopic (exact) mass is 219 g/mol. The molecule has 2 rings (SSSR count). The van der Waals surface area contributed by atoms with E-state index in [9.17, 15) is 4.79 Å². The Morgan fingerprint density at radius 2 is 2.38 bits per heavy atom. The van der Waals surface area contributed by atoms with Crippen LogP contribution in [0.3, 0.4) is 0 Å². The number of aromatic amines is 1. The van der Waals surface area contributed by atoms with Gasteiger partial charge in [-0.1, -0.05) is 0 Å². The zero-order valence-corrected chi connectivity index (χ0v) is 9.20. The largest absolute Gasteiger partial charge is 0.461 e. The first-order valence-corrected chi connectivity index (χ1v) is 5.00. The van der Waals surface area contributed by atoms with Gasteiger partial charge in [0.2, 0.25) is 0 Å². The van der Waals surface area contributed by atoms with Gasteiger partial charge in [-0.2, -0.15) is 0 Å². The molecule has 0 saturated heterocycles. The lowest BCUT2D eigenvalue weighted by atomic mass is 10.2. The van der Waals surface area contributed by atoms with Gasteiger partial charge in [-0.15, -0.1) is 0 Å². The predicted octanol–water partition coefficient (Wildman–Crippen LogP) is 1.06. The van der Waals surface area contributed by atoms with E-state index in [1.807, 2.05) is 13.0 Å². The van der Waals surface area contributed by atoms with E-state index in [2.05, 4.69) is 15.3 Å². The van der Waals surface area contributed by atoms with Crippen molar-refractivity contribution in [3.8, 4) is 11.6 Å². The van der Waals surface area contributed by atoms with E-state index < -0.39 is 0 Å². The van der Waals surface area contributed by atoms with Gasteiger partial charge >= 0.3 is 0 Å². The number of aromatic nitrogens is 2. The van der Waals surface area contributed by atoms with Crippen LogP contribution in [0.4, 0.5) is 0 Å². The van der Waals surface area contributed by atoms with E-state index in [4.69, 9.17) is 4.42 Å². The van der Waals surface area contributed by atoms with Gasteiger partial charge < -0.3 is 14.7 Å². The van der Waals surface area contributed by atoms with E-state index in [-0.39, 0.29) is 5.56 Å². The van der Waals surface area contributed by atoms with E-state index in [1.165, 1.54) is 6.07 Å². The maximum atomic E-state index is 11.4. The number of hydrogen-bond acceptors (Lipinski definition) is 4. The third-order valence-corrected chi connectivity index (χ3v) is 2.23. The Kier molecular flexibility index (Phi) is 2.87. The van der Waals surface area contributed by atoms with Crippen LogP contribution in [0.15, 0.2) is 27.6 Å². The fraction of sp³-hybridized carbons (Fsp3) is 0.273. The van der Waals surface area contributed by atoms with E-state index >= 15 is 0 Å². The number of H-pyrrole nitrogens is 1. The quantitative estimate of drug-likeness (QED) is 0.809. The molecule has 0 unspecified atom stereocenters. The third kappa shape index (κ3) is 2.04. The van der Waals surface area contributed by atoms with Crippen LogP contribution in [-0.4, -0.2) is 17.0 Å². The Morgan fingerprint density at radius 1 is 1.56 bits per heavy atom. The molecule has 0 amide bonds. The smallest absolute Gasteiger partial charge is 0.251 e. The summed E-state index contributed by atoms with van der Waals surface area (Å²) in [6, 6.07) is 3.30. The zero-order valence-electron chi connectivity index (χ0n) is 9.20. The summed E-state index contributed by atoms with van der Waals surface area (Å²) >= 11 is 0. The van der Waals surface area contributed by atoms with Crippen LogP contribution >= 0.6 is 0 Å². The Labute approximate surface area is 92.5 Å². The lowest BCUT2D eigenvalue weighted by Crippen LogP contribution is -2.14. The summed E-state index contributed by atoms with van der Waals surface area (Å²) < 4.78 is 5.29. The van der Waals surface area contributed by atoms with Crippen molar-refractivity contribution in [2.75, 3.05) is 7.05 Å². The van der Waals surface area contributed by atoms with Crippen molar-refractivity contribution < 1.29 is 4.42 Å². The number of aryl methyl sites for hydroxylation is 1. The predicted molar refractivity (Wildman–Crippen MR) is 60.1 cm³/mol. The molecule has 0 atom stereocenters. The van der Waals surface area contributed by atoms with Crippen LogP contribution in [0.2, 0.25) is 0 Å². The molecule has 0 aliphatic heterocycles. The normalized spacial score (nSPS) is 10.6. The van der Waals surface area contributed by atoms with Gasteiger partial charge in [0.15, 0.2) is 11.6 Å². The molecule has 0 fully saturated rings. The summed E-state index contributed by atoms with van der Waals surface area (Å²) in [5.74, 6) is 1.08. The molecule has 0 radical (unpaired) electrons. The van der Waals surface area contributed by atoms with Crippen molar-refractivity contribution in [2.24, 2.45) is 0 Å². The highest BCUT2D eigenvalue weighted by Gasteiger charge is 2.09. The summed E-state index contributed by atoms with van der Waals surface area (Å²) in [6.45, 7) is 2.46. The number of nitrogens with one attached hydrogen (secondary N) is 2. The minimum atomic E-state index is -0.175. The number of furan rings is 1. The Bertz CT molecular complexity index is 542. The van der Waals surface area contributed by atoms with Gasteiger partial charge in [-0.3, -0.25) is 4.79 Å². The topological polar surface area (TPSA) is 70.9 Å². The molecule has 2 aromatic heterocycles. The molecule has 5 heteroatoms. The second kappa shape index (κ2) is 4.32. The van der Waals surface area contributed by atoms with Crippen molar-refractivity contribution in [3.63, 3.8) is 0 Å². The van der Waals surface area contributed by atoms with Gasteiger partial charge in [-0.05, 0) is 25.6 Å². The highest BCUT2D eigenvalue weighted by Crippen LogP contribution is 2.19. The Balaban J connectivity index is 2.49. The average Bonchev–Trinajstić information content (AvgIpc) is 2.64. The van der Waals surface area contributed by atoms with Crippen molar-refractivity contribution in [2.45, 2.75) is 13.5 Å². The second-order valence-corrected chi connectivity index (χ2v) is 3.55. The molecule has 0 aromatic carbocycles. The molecule has 2 heterocycles. The standard InChI is InChI=1S/C11H13N3O2/c1-7-3-4-16-10(7)11-13-8(6-12-2)5-9(15)14-11/h3-5,12H,6H2,1-2H3,(H,13,14,15). The highest BCUT2D eigenvalue weighted by molar-refractivity contribution is 5.51. The van der Waals surface area contributed by atoms with E-state index in [0.717, 1.165) is 5.56 Å².